The van der Waals surface area contributed by atoms with Gasteiger partial charge in [-0.1, -0.05) is 12.1 Å². The van der Waals surface area contributed by atoms with E-state index in [2.05, 4.69) is 10.3 Å². The van der Waals surface area contributed by atoms with Crippen LogP contribution in [0.3, 0.4) is 0 Å². The zero-order valence-corrected chi connectivity index (χ0v) is 11.0. The summed E-state index contributed by atoms with van der Waals surface area (Å²) in [6, 6.07) is 6.64. The number of aromatic nitrogens is 1. The SMILES string of the molecule is O=C1CCC(c2cnc3c(C(=O)O)cccc3c2)C(=O)N1. The number of rotatable bonds is 2. The highest BCUT2D eigenvalue weighted by atomic mass is 16.4. The zero-order chi connectivity index (χ0) is 15.0. The van der Waals surface area contributed by atoms with Gasteiger partial charge in [0.1, 0.15) is 0 Å². The number of hydrogen-bond acceptors (Lipinski definition) is 4. The van der Waals surface area contributed by atoms with E-state index in [9.17, 15) is 14.4 Å². The van der Waals surface area contributed by atoms with Gasteiger partial charge in [-0.25, -0.2) is 4.79 Å². The number of carbonyl (C=O) groups excluding carboxylic acids is 2. The molecule has 2 amide bonds. The van der Waals surface area contributed by atoms with Crippen molar-refractivity contribution in [3.8, 4) is 0 Å². The third-order valence-corrected chi connectivity index (χ3v) is 3.60. The topological polar surface area (TPSA) is 96.4 Å². The van der Waals surface area contributed by atoms with E-state index in [-0.39, 0.29) is 17.4 Å². The van der Waals surface area contributed by atoms with Gasteiger partial charge in [0.05, 0.1) is 17.0 Å². The minimum absolute atomic E-state index is 0.127. The van der Waals surface area contributed by atoms with Crippen LogP contribution in [0.5, 0.6) is 0 Å². The Morgan fingerprint density at radius 2 is 2.14 bits per heavy atom. The maximum absolute atomic E-state index is 11.9. The Labute approximate surface area is 119 Å². The molecule has 1 aromatic carbocycles. The molecular weight excluding hydrogens is 272 g/mol. The summed E-state index contributed by atoms with van der Waals surface area (Å²) < 4.78 is 0. The molecule has 1 fully saturated rings. The van der Waals surface area contributed by atoms with Crippen LogP contribution >= 0.6 is 0 Å². The molecule has 6 heteroatoms. The van der Waals surface area contributed by atoms with Gasteiger partial charge < -0.3 is 5.11 Å². The lowest BCUT2D eigenvalue weighted by atomic mass is 9.90. The summed E-state index contributed by atoms with van der Waals surface area (Å²) in [6.45, 7) is 0. The summed E-state index contributed by atoms with van der Waals surface area (Å²) in [5, 5.41) is 12.1. The number of nitrogens with one attached hydrogen (secondary N) is 1. The minimum atomic E-state index is -1.04. The van der Waals surface area contributed by atoms with Gasteiger partial charge in [-0.05, 0) is 24.1 Å². The molecule has 0 radical (unpaired) electrons. The van der Waals surface area contributed by atoms with E-state index in [1.54, 1.807) is 18.2 Å². The summed E-state index contributed by atoms with van der Waals surface area (Å²) in [7, 11) is 0. The Bertz CT molecular complexity index is 769. The number of para-hydroxylation sites is 1. The fourth-order valence-electron chi connectivity index (χ4n) is 2.55. The summed E-state index contributed by atoms with van der Waals surface area (Å²) in [5.74, 6) is -2.06. The Hall–Kier alpha value is -2.76. The fraction of sp³-hybridized carbons (Fsp3) is 0.200. The second-order valence-electron chi connectivity index (χ2n) is 4.95. The van der Waals surface area contributed by atoms with E-state index in [1.165, 1.54) is 12.3 Å². The average Bonchev–Trinajstić information content (AvgIpc) is 2.46. The van der Waals surface area contributed by atoms with E-state index in [1.807, 2.05) is 0 Å². The lowest BCUT2D eigenvalue weighted by Gasteiger charge is -2.21. The predicted octanol–water partition coefficient (Wildman–Crippen LogP) is 1.45. The van der Waals surface area contributed by atoms with Gasteiger partial charge in [-0.2, -0.15) is 0 Å². The van der Waals surface area contributed by atoms with Crippen LogP contribution in [0.25, 0.3) is 10.9 Å². The van der Waals surface area contributed by atoms with Crippen molar-refractivity contribution in [3.63, 3.8) is 0 Å². The Morgan fingerprint density at radius 3 is 2.86 bits per heavy atom. The number of aromatic carboxylic acids is 1. The highest BCUT2D eigenvalue weighted by molar-refractivity contribution is 6.03. The molecule has 1 unspecified atom stereocenters. The molecule has 2 N–H and O–H groups in total. The molecule has 0 spiro atoms. The van der Waals surface area contributed by atoms with Crippen molar-refractivity contribution in [1.82, 2.24) is 10.3 Å². The predicted molar refractivity (Wildman–Crippen MR) is 73.8 cm³/mol. The third-order valence-electron chi connectivity index (χ3n) is 3.60. The van der Waals surface area contributed by atoms with Gasteiger partial charge in [-0.15, -0.1) is 0 Å². The fourth-order valence-corrected chi connectivity index (χ4v) is 2.55. The van der Waals surface area contributed by atoms with Crippen molar-refractivity contribution in [3.05, 3.63) is 41.6 Å². The van der Waals surface area contributed by atoms with Crippen LogP contribution in [0.1, 0.15) is 34.7 Å². The molecular formula is C15H12N2O4. The van der Waals surface area contributed by atoms with Crippen molar-refractivity contribution in [2.45, 2.75) is 18.8 Å². The number of hydrogen-bond donors (Lipinski definition) is 2. The van der Waals surface area contributed by atoms with E-state index in [4.69, 9.17) is 5.11 Å². The van der Waals surface area contributed by atoms with Crippen LogP contribution < -0.4 is 5.32 Å². The standard InChI is InChI=1S/C15H12N2O4/c18-12-5-4-10(14(19)17-12)9-6-8-2-1-3-11(15(20)21)13(8)16-7-9/h1-3,6-7,10H,4-5H2,(H,20,21)(H,17,18,19). The van der Waals surface area contributed by atoms with Gasteiger partial charge in [0.25, 0.3) is 0 Å². The number of carbonyl (C=O) groups is 3. The number of fused-ring (bicyclic) bond motifs is 1. The normalized spacial score (nSPS) is 18.6. The summed E-state index contributed by atoms with van der Waals surface area (Å²) in [6.07, 6.45) is 2.24. The molecule has 1 atom stereocenters. The molecule has 1 saturated heterocycles. The maximum atomic E-state index is 11.9. The summed E-state index contributed by atoms with van der Waals surface area (Å²) >= 11 is 0. The highest BCUT2D eigenvalue weighted by Crippen LogP contribution is 2.27. The first-order chi connectivity index (χ1) is 10.1. The second-order valence-corrected chi connectivity index (χ2v) is 4.95. The smallest absolute Gasteiger partial charge is 0.337 e. The summed E-state index contributed by atoms with van der Waals surface area (Å²) in [4.78, 5) is 38.4. The van der Waals surface area contributed by atoms with Crippen LogP contribution in [0.15, 0.2) is 30.5 Å². The van der Waals surface area contributed by atoms with E-state index in [0.717, 1.165) is 0 Å². The number of carboxylic acids is 1. The van der Waals surface area contributed by atoms with Crippen molar-refractivity contribution in [2.24, 2.45) is 0 Å². The number of nitrogens with zero attached hydrogens (tertiary/aromatic N) is 1. The first-order valence-corrected chi connectivity index (χ1v) is 6.52. The number of piperidine rings is 1. The summed E-state index contributed by atoms with van der Waals surface area (Å²) in [5.41, 5.74) is 1.21. The number of amides is 2. The monoisotopic (exact) mass is 284 g/mol. The first-order valence-electron chi connectivity index (χ1n) is 6.52. The Morgan fingerprint density at radius 1 is 1.33 bits per heavy atom. The van der Waals surface area contributed by atoms with Crippen LogP contribution in [-0.2, 0) is 9.59 Å². The number of benzene rings is 1. The molecule has 0 saturated carbocycles. The molecule has 2 heterocycles. The highest BCUT2D eigenvalue weighted by Gasteiger charge is 2.28. The van der Waals surface area contributed by atoms with Gasteiger partial charge >= 0.3 is 5.97 Å². The lowest BCUT2D eigenvalue weighted by Crippen LogP contribution is -2.39. The van der Waals surface area contributed by atoms with E-state index < -0.39 is 11.9 Å². The van der Waals surface area contributed by atoms with Crippen molar-refractivity contribution < 1.29 is 19.5 Å². The number of carboxylic acid groups (broad SMARTS) is 1. The molecule has 0 aliphatic carbocycles. The van der Waals surface area contributed by atoms with Gasteiger partial charge in [-0.3, -0.25) is 19.9 Å². The maximum Gasteiger partial charge on any atom is 0.337 e. The zero-order valence-electron chi connectivity index (χ0n) is 11.0. The molecule has 1 aromatic heterocycles. The van der Waals surface area contributed by atoms with Gasteiger partial charge in [0, 0.05) is 18.0 Å². The van der Waals surface area contributed by atoms with Crippen LogP contribution in [0.4, 0.5) is 0 Å². The Kier molecular flexibility index (Phi) is 3.13. The second kappa shape index (κ2) is 4.97. The first kappa shape index (κ1) is 13.2. The average molecular weight is 284 g/mol. The third kappa shape index (κ3) is 2.35. The van der Waals surface area contributed by atoms with Crippen LogP contribution in [0, 0.1) is 0 Å². The Balaban J connectivity index is 2.04. The quantitative estimate of drug-likeness (QED) is 0.814. The van der Waals surface area contributed by atoms with Crippen molar-refractivity contribution >= 4 is 28.7 Å². The van der Waals surface area contributed by atoms with Gasteiger partial charge in [0.15, 0.2) is 0 Å². The molecule has 6 nitrogen and oxygen atoms in total. The minimum Gasteiger partial charge on any atom is -0.478 e. The molecule has 1 aliphatic heterocycles. The molecule has 2 aromatic rings. The lowest BCUT2D eigenvalue weighted by molar-refractivity contribution is -0.134. The van der Waals surface area contributed by atoms with Crippen molar-refractivity contribution in [2.75, 3.05) is 0 Å². The molecule has 1 aliphatic rings. The van der Waals surface area contributed by atoms with Crippen molar-refractivity contribution in [1.29, 1.82) is 0 Å². The van der Waals surface area contributed by atoms with Gasteiger partial charge in [0.2, 0.25) is 11.8 Å². The molecule has 3 rings (SSSR count). The van der Waals surface area contributed by atoms with Crippen LogP contribution in [0.2, 0.25) is 0 Å². The van der Waals surface area contributed by atoms with Crippen LogP contribution in [-0.4, -0.2) is 27.9 Å². The van der Waals surface area contributed by atoms with E-state index >= 15 is 0 Å². The number of imide groups is 1. The largest absolute Gasteiger partial charge is 0.478 e. The molecule has 21 heavy (non-hydrogen) atoms. The van der Waals surface area contributed by atoms with E-state index in [0.29, 0.717) is 29.3 Å². The molecule has 0 bridgehead atoms. The number of pyridine rings is 1. The molecule has 106 valence electrons.